The number of anilines is 1. The van der Waals surface area contributed by atoms with Crippen molar-refractivity contribution in [2.24, 2.45) is 0 Å². The number of carbonyl (C=O) groups excluding carboxylic acids is 1. The van der Waals surface area contributed by atoms with Crippen LogP contribution in [-0.2, 0) is 6.54 Å². The highest BCUT2D eigenvalue weighted by molar-refractivity contribution is 7.09. The van der Waals surface area contributed by atoms with Gasteiger partial charge in [0.05, 0.1) is 6.54 Å². The predicted octanol–water partition coefficient (Wildman–Crippen LogP) is 2.14. The summed E-state index contributed by atoms with van der Waals surface area (Å²) >= 11 is 1.63. The lowest BCUT2D eigenvalue weighted by Gasteiger charge is -2.12. The number of nitrogens with one attached hydrogen (secondary N) is 1. The van der Waals surface area contributed by atoms with E-state index in [1.165, 1.54) is 0 Å². The second-order valence-corrected chi connectivity index (χ2v) is 5.09. The molecule has 18 heavy (non-hydrogen) atoms. The van der Waals surface area contributed by atoms with E-state index in [1.807, 2.05) is 36.5 Å². The molecule has 0 unspecified atom stereocenters. The summed E-state index contributed by atoms with van der Waals surface area (Å²) in [5, 5.41) is 4.89. The van der Waals surface area contributed by atoms with Crippen molar-refractivity contribution in [3.8, 4) is 0 Å². The molecule has 0 aliphatic carbocycles. The van der Waals surface area contributed by atoms with E-state index in [0.717, 1.165) is 10.7 Å². The molecule has 0 atom stereocenters. The number of nitrogens with zero attached hydrogens (tertiary/aromatic N) is 2. The molecule has 1 N–H and O–H groups in total. The standard InChI is InChI=1S/C13H15N3OS/c1-16(2)12-8-10(5-6-14-12)13(17)15-9-11-4-3-7-18-11/h3-8H,9H2,1-2H3,(H,15,17). The van der Waals surface area contributed by atoms with Gasteiger partial charge in [-0.05, 0) is 23.6 Å². The molecule has 4 nitrogen and oxygen atoms in total. The van der Waals surface area contributed by atoms with Gasteiger partial charge in [-0.2, -0.15) is 0 Å². The molecule has 1 amide bonds. The van der Waals surface area contributed by atoms with E-state index in [9.17, 15) is 4.79 Å². The topological polar surface area (TPSA) is 45.2 Å². The third-order valence-corrected chi connectivity index (χ3v) is 3.35. The number of amides is 1. The number of aromatic nitrogens is 1. The lowest BCUT2D eigenvalue weighted by molar-refractivity contribution is 0.0951. The molecule has 0 saturated carbocycles. The Morgan fingerprint density at radius 2 is 2.28 bits per heavy atom. The van der Waals surface area contributed by atoms with Gasteiger partial charge >= 0.3 is 0 Å². The van der Waals surface area contributed by atoms with Crippen molar-refractivity contribution >= 4 is 23.1 Å². The fourth-order valence-electron chi connectivity index (χ4n) is 1.49. The second-order valence-electron chi connectivity index (χ2n) is 4.06. The third kappa shape index (κ3) is 3.07. The summed E-state index contributed by atoms with van der Waals surface area (Å²) < 4.78 is 0. The number of thiophene rings is 1. The van der Waals surface area contributed by atoms with E-state index < -0.39 is 0 Å². The molecule has 2 aromatic rings. The minimum Gasteiger partial charge on any atom is -0.363 e. The van der Waals surface area contributed by atoms with Gasteiger partial charge in [0.15, 0.2) is 0 Å². The maximum absolute atomic E-state index is 12.0. The van der Waals surface area contributed by atoms with Crippen LogP contribution in [0, 0.1) is 0 Å². The Morgan fingerprint density at radius 3 is 2.94 bits per heavy atom. The Morgan fingerprint density at radius 1 is 1.44 bits per heavy atom. The van der Waals surface area contributed by atoms with Crippen molar-refractivity contribution < 1.29 is 4.79 Å². The first-order valence-electron chi connectivity index (χ1n) is 5.61. The van der Waals surface area contributed by atoms with Gasteiger partial charge in [-0.3, -0.25) is 4.79 Å². The van der Waals surface area contributed by atoms with E-state index >= 15 is 0 Å². The largest absolute Gasteiger partial charge is 0.363 e. The van der Waals surface area contributed by atoms with Crippen molar-refractivity contribution in [1.29, 1.82) is 0 Å². The average Bonchev–Trinajstić information content (AvgIpc) is 2.89. The number of pyridine rings is 1. The van der Waals surface area contributed by atoms with E-state index in [1.54, 1.807) is 29.7 Å². The molecule has 5 heteroatoms. The summed E-state index contributed by atoms with van der Waals surface area (Å²) in [6.07, 6.45) is 1.65. The van der Waals surface area contributed by atoms with Gasteiger partial charge in [0, 0.05) is 30.7 Å². The summed E-state index contributed by atoms with van der Waals surface area (Å²) in [7, 11) is 3.80. The fraction of sp³-hybridized carbons (Fsp3) is 0.231. The van der Waals surface area contributed by atoms with Crippen LogP contribution in [0.1, 0.15) is 15.2 Å². The lowest BCUT2D eigenvalue weighted by atomic mass is 10.2. The van der Waals surface area contributed by atoms with Crippen molar-refractivity contribution in [2.45, 2.75) is 6.54 Å². The molecule has 0 bridgehead atoms. The molecular weight excluding hydrogens is 246 g/mol. The minimum absolute atomic E-state index is 0.0751. The monoisotopic (exact) mass is 261 g/mol. The van der Waals surface area contributed by atoms with E-state index in [4.69, 9.17) is 0 Å². The Kier molecular flexibility index (Phi) is 3.94. The highest BCUT2D eigenvalue weighted by atomic mass is 32.1. The molecule has 0 aliphatic rings. The zero-order valence-electron chi connectivity index (χ0n) is 10.4. The molecule has 0 radical (unpaired) electrons. The molecule has 0 aliphatic heterocycles. The maximum atomic E-state index is 12.0. The third-order valence-electron chi connectivity index (χ3n) is 2.47. The van der Waals surface area contributed by atoms with Gasteiger partial charge < -0.3 is 10.2 Å². The summed E-state index contributed by atoms with van der Waals surface area (Å²) in [6.45, 7) is 0.566. The van der Waals surface area contributed by atoms with Crippen LogP contribution in [0.25, 0.3) is 0 Å². The normalized spacial score (nSPS) is 10.1. The number of rotatable bonds is 4. The van der Waals surface area contributed by atoms with Crippen LogP contribution < -0.4 is 10.2 Å². The SMILES string of the molecule is CN(C)c1cc(C(=O)NCc2cccs2)ccn1. The van der Waals surface area contributed by atoms with Crippen molar-refractivity contribution in [3.05, 3.63) is 46.3 Å². The molecule has 0 aromatic carbocycles. The summed E-state index contributed by atoms with van der Waals surface area (Å²) in [5.41, 5.74) is 0.630. The maximum Gasteiger partial charge on any atom is 0.251 e. The van der Waals surface area contributed by atoms with E-state index in [0.29, 0.717) is 12.1 Å². The van der Waals surface area contributed by atoms with Crippen LogP contribution in [0.5, 0.6) is 0 Å². The Bertz CT molecular complexity index is 523. The van der Waals surface area contributed by atoms with Gasteiger partial charge in [0.2, 0.25) is 0 Å². The van der Waals surface area contributed by atoms with Crippen molar-refractivity contribution in [1.82, 2.24) is 10.3 Å². The molecule has 94 valence electrons. The molecule has 0 saturated heterocycles. The molecule has 2 heterocycles. The van der Waals surface area contributed by atoms with Crippen LogP contribution in [0.2, 0.25) is 0 Å². The number of hydrogen-bond donors (Lipinski definition) is 1. The van der Waals surface area contributed by atoms with E-state index in [-0.39, 0.29) is 5.91 Å². The fourth-order valence-corrected chi connectivity index (χ4v) is 2.13. The van der Waals surface area contributed by atoms with Crippen molar-refractivity contribution in [3.63, 3.8) is 0 Å². The molecular formula is C13H15N3OS. The van der Waals surface area contributed by atoms with Crippen molar-refractivity contribution in [2.75, 3.05) is 19.0 Å². The number of hydrogen-bond acceptors (Lipinski definition) is 4. The second kappa shape index (κ2) is 5.64. The number of carbonyl (C=O) groups is 1. The quantitative estimate of drug-likeness (QED) is 0.917. The van der Waals surface area contributed by atoms with Gasteiger partial charge in [0.25, 0.3) is 5.91 Å². The van der Waals surface area contributed by atoms with Gasteiger partial charge in [-0.1, -0.05) is 6.07 Å². The highest BCUT2D eigenvalue weighted by Crippen LogP contribution is 2.11. The van der Waals surface area contributed by atoms with Crippen LogP contribution in [0.15, 0.2) is 35.8 Å². The zero-order valence-corrected chi connectivity index (χ0v) is 11.2. The molecule has 0 spiro atoms. The lowest BCUT2D eigenvalue weighted by Crippen LogP contribution is -2.23. The smallest absolute Gasteiger partial charge is 0.251 e. The first-order valence-corrected chi connectivity index (χ1v) is 6.49. The summed E-state index contributed by atoms with van der Waals surface area (Å²) in [4.78, 5) is 19.2. The Labute approximate surface area is 110 Å². The molecule has 2 rings (SSSR count). The Balaban J connectivity index is 2.02. The summed E-state index contributed by atoms with van der Waals surface area (Å²) in [6, 6.07) is 7.48. The highest BCUT2D eigenvalue weighted by Gasteiger charge is 2.07. The predicted molar refractivity (Wildman–Crippen MR) is 74.1 cm³/mol. The molecule has 0 fully saturated rings. The Hall–Kier alpha value is -1.88. The minimum atomic E-state index is -0.0751. The first kappa shape index (κ1) is 12.6. The van der Waals surface area contributed by atoms with Gasteiger partial charge in [0.1, 0.15) is 5.82 Å². The average molecular weight is 261 g/mol. The van der Waals surface area contributed by atoms with Crippen LogP contribution in [-0.4, -0.2) is 25.0 Å². The van der Waals surface area contributed by atoms with Crippen LogP contribution >= 0.6 is 11.3 Å². The van der Waals surface area contributed by atoms with Crippen LogP contribution in [0.3, 0.4) is 0 Å². The van der Waals surface area contributed by atoms with Crippen LogP contribution in [0.4, 0.5) is 5.82 Å². The zero-order chi connectivity index (χ0) is 13.0. The first-order chi connectivity index (χ1) is 8.66. The van der Waals surface area contributed by atoms with E-state index in [2.05, 4.69) is 10.3 Å². The summed E-state index contributed by atoms with van der Waals surface area (Å²) in [5.74, 6) is 0.702. The van der Waals surface area contributed by atoms with Gasteiger partial charge in [-0.25, -0.2) is 4.98 Å². The van der Waals surface area contributed by atoms with Gasteiger partial charge in [-0.15, -0.1) is 11.3 Å². The molecule has 2 aromatic heterocycles.